The number of nitrogen functional groups attached to an aromatic ring is 1. The molecular weight excluding hydrogens is 373 g/mol. The molecule has 2 aromatic heterocycles. The number of benzene rings is 1. The van der Waals surface area contributed by atoms with Gasteiger partial charge in [0, 0.05) is 36.3 Å². The molecule has 0 fully saturated rings. The second-order valence-corrected chi connectivity index (χ2v) is 5.75. The quantitative estimate of drug-likeness (QED) is 0.635. The van der Waals surface area contributed by atoms with Gasteiger partial charge < -0.3 is 16.4 Å². The largest absolute Gasteiger partial charge is 0.416 e. The molecule has 0 saturated heterocycles. The molecular formula is C18H15F3N6O. The number of hydrogen-bond acceptors (Lipinski definition) is 5. The van der Waals surface area contributed by atoms with Crippen molar-refractivity contribution < 1.29 is 18.0 Å². The van der Waals surface area contributed by atoms with E-state index in [9.17, 15) is 18.0 Å². The van der Waals surface area contributed by atoms with Crippen molar-refractivity contribution in [1.29, 1.82) is 0 Å². The molecule has 10 heteroatoms. The zero-order chi connectivity index (χ0) is 20.1. The van der Waals surface area contributed by atoms with Crippen LogP contribution < -0.4 is 16.4 Å². The van der Waals surface area contributed by atoms with Gasteiger partial charge in [-0.2, -0.15) is 13.2 Å². The third kappa shape index (κ3) is 4.72. The van der Waals surface area contributed by atoms with Gasteiger partial charge in [0.1, 0.15) is 0 Å². The zero-order valence-electron chi connectivity index (χ0n) is 14.4. The Bertz CT molecular complexity index is 976. The number of nitrogens with zero attached hydrogens (tertiary/aromatic N) is 3. The molecule has 4 N–H and O–H groups in total. The molecule has 2 amide bonds. The van der Waals surface area contributed by atoms with Crippen LogP contribution in [0.4, 0.5) is 29.6 Å². The maximum atomic E-state index is 13.0. The normalized spacial score (nSPS) is 11.1. The number of rotatable bonds is 4. The first-order valence-electron chi connectivity index (χ1n) is 8.06. The molecule has 0 spiro atoms. The number of nitrogens with one attached hydrogen (secondary N) is 2. The van der Waals surface area contributed by atoms with Crippen LogP contribution in [0.3, 0.4) is 0 Å². The van der Waals surface area contributed by atoms with E-state index in [1.165, 1.54) is 36.8 Å². The molecule has 2 heterocycles. The van der Waals surface area contributed by atoms with Crippen molar-refractivity contribution in [1.82, 2.24) is 20.3 Å². The Balaban J connectivity index is 1.66. The van der Waals surface area contributed by atoms with Gasteiger partial charge in [-0.05, 0) is 17.7 Å². The highest BCUT2D eigenvalue weighted by Crippen LogP contribution is 2.31. The molecule has 0 atom stereocenters. The second kappa shape index (κ2) is 7.91. The van der Waals surface area contributed by atoms with Crippen LogP contribution in [0.5, 0.6) is 0 Å². The number of halogens is 3. The summed E-state index contributed by atoms with van der Waals surface area (Å²) in [6.07, 6.45) is 1.49. The monoisotopic (exact) mass is 388 g/mol. The first-order valence-corrected chi connectivity index (χ1v) is 8.06. The van der Waals surface area contributed by atoms with Gasteiger partial charge in [-0.25, -0.2) is 14.8 Å². The van der Waals surface area contributed by atoms with Crippen molar-refractivity contribution in [2.75, 3.05) is 11.1 Å². The van der Waals surface area contributed by atoms with Gasteiger partial charge in [-0.1, -0.05) is 18.2 Å². The van der Waals surface area contributed by atoms with E-state index in [-0.39, 0.29) is 18.1 Å². The summed E-state index contributed by atoms with van der Waals surface area (Å²) >= 11 is 0. The molecule has 7 nitrogen and oxygen atoms in total. The molecule has 0 radical (unpaired) electrons. The van der Waals surface area contributed by atoms with Crippen molar-refractivity contribution in [3.8, 4) is 11.1 Å². The lowest BCUT2D eigenvalue weighted by Crippen LogP contribution is -2.29. The maximum absolute atomic E-state index is 13.0. The number of aromatic nitrogens is 3. The third-order valence-corrected chi connectivity index (χ3v) is 3.76. The molecule has 1 aromatic carbocycles. The van der Waals surface area contributed by atoms with Crippen LogP contribution in [-0.2, 0) is 12.7 Å². The second-order valence-electron chi connectivity index (χ2n) is 5.75. The Hall–Kier alpha value is -3.69. The van der Waals surface area contributed by atoms with Gasteiger partial charge in [0.05, 0.1) is 17.4 Å². The average molecular weight is 388 g/mol. The van der Waals surface area contributed by atoms with Crippen molar-refractivity contribution in [2.45, 2.75) is 12.7 Å². The summed E-state index contributed by atoms with van der Waals surface area (Å²) in [6, 6.07) is 6.02. The van der Waals surface area contributed by atoms with Crippen LogP contribution in [0.2, 0.25) is 0 Å². The summed E-state index contributed by atoms with van der Waals surface area (Å²) in [5.74, 6) is 0.129. The Morgan fingerprint density at radius 2 is 1.75 bits per heavy atom. The minimum absolute atomic E-state index is 0.0314. The lowest BCUT2D eigenvalue weighted by atomic mass is 10.1. The zero-order valence-corrected chi connectivity index (χ0v) is 14.4. The van der Waals surface area contributed by atoms with Gasteiger partial charge in [-0.3, -0.25) is 4.98 Å². The highest BCUT2D eigenvalue weighted by molar-refractivity contribution is 5.89. The van der Waals surface area contributed by atoms with E-state index >= 15 is 0 Å². The number of amides is 2. The van der Waals surface area contributed by atoms with Crippen LogP contribution in [0.25, 0.3) is 11.1 Å². The molecule has 3 aromatic rings. The number of hydrogen-bond donors (Lipinski definition) is 3. The highest BCUT2D eigenvalue weighted by atomic mass is 19.4. The number of urea groups is 1. The lowest BCUT2D eigenvalue weighted by molar-refractivity contribution is -0.138. The Morgan fingerprint density at radius 3 is 2.46 bits per heavy atom. The predicted molar refractivity (Wildman–Crippen MR) is 97.0 cm³/mol. The summed E-state index contributed by atoms with van der Waals surface area (Å²) in [6.45, 7) is -0.277. The van der Waals surface area contributed by atoms with Crippen LogP contribution in [0.1, 0.15) is 11.1 Å². The smallest absolute Gasteiger partial charge is 0.368 e. The van der Waals surface area contributed by atoms with Crippen LogP contribution in [-0.4, -0.2) is 21.0 Å². The number of pyridine rings is 1. The number of carbonyl (C=O) groups excluding carboxylic acids is 1. The Labute approximate surface area is 157 Å². The van der Waals surface area contributed by atoms with Crippen molar-refractivity contribution >= 4 is 17.7 Å². The molecule has 0 saturated carbocycles. The average Bonchev–Trinajstić information content (AvgIpc) is 2.67. The van der Waals surface area contributed by atoms with Crippen LogP contribution >= 0.6 is 0 Å². The number of carbonyl (C=O) groups is 1. The minimum Gasteiger partial charge on any atom is -0.368 e. The third-order valence-electron chi connectivity index (χ3n) is 3.76. The molecule has 28 heavy (non-hydrogen) atoms. The summed E-state index contributed by atoms with van der Waals surface area (Å²) in [5.41, 5.74) is 6.26. The van der Waals surface area contributed by atoms with Crippen LogP contribution in [0.15, 0.2) is 55.1 Å². The van der Waals surface area contributed by atoms with Crippen molar-refractivity contribution in [2.24, 2.45) is 0 Å². The fourth-order valence-electron chi connectivity index (χ4n) is 2.46. The number of alkyl halides is 3. The highest BCUT2D eigenvalue weighted by Gasteiger charge is 2.32. The Kier molecular flexibility index (Phi) is 5.39. The Morgan fingerprint density at radius 1 is 1.04 bits per heavy atom. The molecule has 3 rings (SSSR count). The van der Waals surface area contributed by atoms with Gasteiger partial charge in [0.25, 0.3) is 0 Å². The molecule has 0 aliphatic carbocycles. The van der Waals surface area contributed by atoms with Crippen LogP contribution in [0, 0.1) is 0 Å². The first-order chi connectivity index (χ1) is 13.3. The minimum atomic E-state index is -4.49. The van der Waals surface area contributed by atoms with Crippen molar-refractivity contribution in [3.63, 3.8) is 0 Å². The maximum Gasteiger partial charge on any atom is 0.416 e. The van der Waals surface area contributed by atoms with Gasteiger partial charge in [0.2, 0.25) is 5.95 Å². The fourth-order valence-corrected chi connectivity index (χ4v) is 2.46. The summed E-state index contributed by atoms with van der Waals surface area (Å²) < 4.78 is 39.0. The van der Waals surface area contributed by atoms with Gasteiger partial charge in [0.15, 0.2) is 0 Å². The van der Waals surface area contributed by atoms with E-state index in [4.69, 9.17) is 5.73 Å². The van der Waals surface area contributed by atoms with E-state index in [2.05, 4.69) is 25.6 Å². The van der Waals surface area contributed by atoms with E-state index in [1.54, 1.807) is 12.3 Å². The molecule has 0 bridgehead atoms. The first kappa shape index (κ1) is 19.1. The van der Waals surface area contributed by atoms with Crippen molar-refractivity contribution in [3.05, 3.63) is 66.2 Å². The van der Waals surface area contributed by atoms with E-state index < -0.39 is 17.8 Å². The number of anilines is 2. The summed E-state index contributed by atoms with van der Waals surface area (Å²) in [5, 5.41) is 4.94. The van der Waals surface area contributed by atoms with E-state index in [1.807, 2.05) is 0 Å². The molecule has 0 unspecified atom stereocenters. The van der Waals surface area contributed by atoms with E-state index in [0.29, 0.717) is 16.8 Å². The summed E-state index contributed by atoms with van der Waals surface area (Å²) in [4.78, 5) is 23.9. The summed E-state index contributed by atoms with van der Waals surface area (Å²) in [7, 11) is 0. The van der Waals surface area contributed by atoms with E-state index in [0.717, 1.165) is 6.07 Å². The molecule has 0 aliphatic heterocycles. The lowest BCUT2D eigenvalue weighted by Gasteiger charge is -2.13. The topological polar surface area (TPSA) is 106 Å². The van der Waals surface area contributed by atoms with Gasteiger partial charge in [-0.15, -0.1) is 0 Å². The predicted octanol–water partition coefficient (Wildman–Crippen LogP) is 3.46. The molecule has 144 valence electrons. The SMILES string of the molecule is Nc1ncc(-c2cncc(NC(=O)NCc3ccccc3C(F)(F)F)c2)cn1. The molecule has 0 aliphatic rings. The number of nitrogens with two attached hydrogens (primary N) is 1. The van der Waals surface area contributed by atoms with Gasteiger partial charge >= 0.3 is 12.2 Å². The standard InChI is InChI=1S/C18H15F3N6O/c19-18(20,21)15-4-2-1-3-11(15)7-26-17(28)27-14-5-12(6-23-10-14)13-8-24-16(22)25-9-13/h1-6,8-10H,7H2,(H2,22,24,25)(H2,26,27,28). The fraction of sp³-hybridized carbons (Fsp3) is 0.111.